The maximum atomic E-state index is 3.77. The number of nitrogens with one attached hydrogen (secondary N) is 1. The van der Waals surface area contributed by atoms with Gasteiger partial charge in [0.15, 0.2) is 0 Å². The zero-order valence-corrected chi connectivity index (χ0v) is 10.6. The first-order chi connectivity index (χ1) is 7.77. The van der Waals surface area contributed by atoms with Gasteiger partial charge in [0.1, 0.15) is 0 Å². The van der Waals surface area contributed by atoms with Gasteiger partial charge in [-0.25, -0.2) is 0 Å². The summed E-state index contributed by atoms with van der Waals surface area (Å²) in [5.74, 6) is 0. The van der Waals surface area contributed by atoms with Crippen molar-refractivity contribution in [3.8, 4) is 0 Å². The fourth-order valence-electron chi connectivity index (χ4n) is 2.95. The molecule has 2 atom stereocenters. The van der Waals surface area contributed by atoms with Crippen LogP contribution in [0.25, 0.3) is 0 Å². The van der Waals surface area contributed by atoms with Crippen molar-refractivity contribution in [2.24, 2.45) is 0 Å². The minimum absolute atomic E-state index is 0.339. The van der Waals surface area contributed by atoms with Crippen LogP contribution in [0.2, 0.25) is 0 Å². The molecule has 1 aliphatic heterocycles. The Balaban J connectivity index is 1.86. The highest BCUT2D eigenvalue weighted by Crippen LogP contribution is 2.41. The van der Waals surface area contributed by atoms with Crippen LogP contribution in [-0.2, 0) is 12.8 Å². The van der Waals surface area contributed by atoms with Gasteiger partial charge in [0, 0.05) is 11.7 Å². The Hall–Kier alpha value is -0.470. The molecule has 1 aliphatic carbocycles. The molecule has 0 bridgehead atoms. The summed E-state index contributed by atoms with van der Waals surface area (Å²) < 4.78 is 0. The first-order valence-corrected chi connectivity index (χ1v) is 7.15. The van der Waals surface area contributed by atoms with Crippen LogP contribution in [0.1, 0.15) is 30.9 Å². The van der Waals surface area contributed by atoms with Crippen molar-refractivity contribution in [3.05, 3.63) is 35.4 Å². The summed E-state index contributed by atoms with van der Waals surface area (Å²) in [6.07, 6.45) is 5.05. The van der Waals surface area contributed by atoms with Crippen LogP contribution in [0, 0.1) is 0 Å². The van der Waals surface area contributed by atoms with E-state index in [9.17, 15) is 0 Å². The van der Waals surface area contributed by atoms with E-state index in [1.54, 1.807) is 11.1 Å². The molecule has 1 heterocycles. The van der Waals surface area contributed by atoms with Gasteiger partial charge < -0.3 is 5.32 Å². The predicted octanol–water partition coefficient (Wildman–Crippen LogP) is 2.99. The largest absolute Gasteiger partial charge is 0.302 e. The zero-order valence-electron chi connectivity index (χ0n) is 9.83. The molecule has 1 fully saturated rings. The van der Waals surface area contributed by atoms with Crippen LogP contribution in [0.15, 0.2) is 24.3 Å². The Kier molecular flexibility index (Phi) is 2.72. The fraction of sp³-hybridized carbons (Fsp3) is 0.571. The Labute approximate surface area is 102 Å². The Morgan fingerprint density at radius 2 is 2.12 bits per heavy atom. The molecule has 86 valence electrons. The van der Waals surface area contributed by atoms with E-state index >= 15 is 0 Å². The van der Waals surface area contributed by atoms with E-state index in [0.29, 0.717) is 4.87 Å². The molecule has 16 heavy (non-hydrogen) atoms. The lowest BCUT2D eigenvalue weighted by Crippen LogP contribution is -2.51. The van der Waals surface area contributed by atoms with E-state index in [1.807, 2.05) is 0 Å². The minimum Gasteiger partial charge on any atom is -0.302 e. The quantitative estimate of drug-likeness (QED) is 0.739. The van der Waals surface area contributed by atoms with E-state index in [0.717, 1.165) is 5.25 Å². The van der Waals surface area contributed by atoms with Crippen molar-refractivity contribution in [1.29, 1.82) is 0 Å². The number of fused-ring (bicyclic) bond motifs is 1. The maximum Gasteiger partial charge on any atom is 0.0691 e. The third-order valence-electron chi connectivity index (χ3n) is 3.82. The molecular formula is C14H19NS. The smallest absolute Gasteiger partial charge is 0.0691 e. The summed E-state index contributed by atoms with van der Waals surface area (Å²) in [6.45, 7) is 3.56. The third-order valence-corrected chi connectivity index (χ3v) is 5.40. The predicted molar refractivity (Wildman–Crippen MR) is 70.9 cm³/mol. The first kappa shape index (κ1) is 10.7. The Bertz CT molecular complexity index is 390. The topological polar surface area (TPSA) is 12.0 Å². The molecule has 2 unspecified atom stereocenters. The van der Waals surface area contributed by atoms with Crippen LogP contribution >= 0.6 is 11.8 Å². The zero-order chi connectivity index (χ0) is 11.0. The van der Waals surface area contributed by atoms with Crippen LogP contribution in [0.3, 0.4) is 0 Å². The molecule has 1 N–H and O–H groups in total. The number of thioether (sulfide) groups is 1. The fourth-order valence-corrected chi connectivity index (χ4v) is 4.60. The number of benzene rings is 1. The summed E-state index contributed by atoms with van der Waals surface area (Å²) >= 11 is 2.16. The second-order valence-electron chi connectivity index (χ2n) is 5.08. The summed E-state index contributed by atoms with van der Waals surface area (Å²) in [5, 5.41) is 4.58. The van der Waals surface area contributed by atoms with E-state index in [-0.39, 0.29) is 0 Å². The van der Waals surface area contributed by atoms with Crippen LogP contribution in [0.4, 0.5) is 0 Å². The van der Waals surface area contributed by atoms with Gasteiger partial charge in [-0.15, -0.1) is 11.8 Å². The summed E-state index contributed by atoms with van der Waals surface area (Å²) in [5.41, 5.74) is 3.12. The van der Waals surface area contributed by atoms with Gasteiger partial charge >= 0.3 is 0 Å². The second-order valence-corrected chi connectivity index (χ2v) is 6.91. The van der Waals surface area contributed by atoms with Crippen molar-refractivity contribution in [3.63, 3.8) is 0 Å². The number of hydrogen-bond acceptors (Lipinski definition) is 2. The molecule has 0 saturated carbocycles. The first-order valence-electron chi connectivity index (χ1n) is 6.27. The van der Waals surface area contributed by atoms with Gasteiger partial charge in [-0.2, -0.15) is 0 Å². The number of hydrogen-bond donors (Lipinski definition) is 1. The molecule has 1 aromatic rings. The molecule has 0 radical (unpaired) electrons. The third kappa shape index (κ3) is 1.89. The Morgan fingerprint density at radius 1 is 1.31 bits per heavy atom. The highest BCUT2D eigenvalue weighted by molar-refractivity contribution is 8.01. The van der Waals surface area contributed by atoms with Gasteiger partial charge in [-0.3, -0.25) is 0 Å². The van der Waals surface area contributed by atoms with E-state index in [1.165, 1.54) is 32.2 Å². The average Bonchev–Trinajstić information content (AvgIpc) is 2.28. The van der Waals surface area contributed by atoms with Gasteiger partial charge in [0.25, 0.3) is 0 Å². The van der Waals surface area contributed by atoms with Crippen LogP contribution in [0.5, 0.6) is 0 Å². The minimum atomic E-state index is 0.339. The lowest BCUT2D eigenvalue weighted by molar-refractivity contribution is 0.395. The monoisotopic (exact) mass is 233 g/mol. The van der Waals surface area contributed by atoms with Gasteiger partial charge in [-0.1, -0.05) is 31.2 Å². The number of aryl methyl sites for hydroxylation is 1. The molecular weight excluding hydrogens is 214 g/mol. The average molecular weight is 233 g/mol. The lowest BCUT2D eigenvalue weighted by Gasteiger charge is -2.43. The SMILES string of the molecule is CC1CCNC2(CCc3ccccc3C2)S1. The molecule has 1 spiro atoms. The van der Waals surface area contributed by atoms with Crippen molar-refractivity contribution in [2.75, 3.05) is 6.54 Å². The van der Waals surface area contributed by atoms with Crippen LogP contribution in [-0.4, -0.2) is 16.7 Å². The van der Waals surface area contributed by atoms with Crippen molar-refractivity contribution >= 4 is 11.8 Å². The molecule has 0 aromatic heterocycles. The molecule has 2 heteroatoms. The normalized spacial score (nSPS) is 33.7. The van der Waals surface area contributed by atoms with Gasteiger partial charge in [0.2, 0.25) is 0 Å². The summed E-state index contributed by atoms with van der Waals surface area (Å²) in [6, 6.07) is 8.94. The standard InChI is InChI=1S/C14H19NS/c1-11-7-9-15-14(16-11)8-6-12-4-2-3-5-13(12)10-14/h2-5,11,15H,6-10H2,1H3. The molecule has 1 nitrogen and oxygen atoms in total. The van der Waals surface area contributed by atoms with E-state index in [2.05, 4.69) is 48.3 Å². The van der Waals surface area contributed by atoms with Gasteiger partial charge in [-0.05, 0) is 36.9 Å². The van der Waals surface area contributed by atoms with E-state index in [4.69, 9.17) is 0 Å². The molecule has 1 aromatic carbocycles. The lowest BCUT2D eigenvalue weighted by atomic mass is 9.87. The highest BCUT2D eigenvalue weighted by Gasteiger charge is 2.37. The van der Waals surface area contributed by atoms with Crippen LogP contribution < -0.4 is 5.32 Å². The summed E-state index contributed by atoms with van der Waals surface area (Å²) in [7, 11) is 0. The van der Waals surface area contributed by atoms with Crippen molar-refractivity contribution in [1.82, 2.24) is 5.32 Å². The van der Waals surface area contributed by atoms with Crippen molar-refractivity contribution < 1.29 is 0 Å². The second kappa shape index (κ2) is 4.08. The molecule has 2 aliphatic rings. The molecule has 0 amide bonds. The maximum absolute atomic E-state index is 3.77. The molecule has 1 saturated heterocycles. The highest BCUT2D eigenvalue weighted by atomic mass is 32.2. The summed E-state index contributed by atoms with van der Waals surface area (Å²) in [4.78, 5) is 0.339. The van der Waals surface area contributed by atoms with Crippen molar-refractivity contribution in [2.45, 2.75) is 42.7 Å². The Morgan fingerprint density at radius 3 is 2.94 bits per heavy atom. The number of rotatable bonds is 0. The molecule has 3 rings (SSSR count). The van der Waals surface area contributed by atoms with Gasteiger partial charge in [0.05, 0.1) is 4.87 Å². The van der Waals surface area contributed by atoms with E-state index < -0.39 is 0 Å².